The summed E-state index contributed by atoms with van der Waals surface area (Å²) in [7, 11) is 0. The van der Waals surface area contributed by atoms with Crippen LogP contribution >= 0.6 is 0 Å². The molecule has 11 heavy (non-hydrogen) atoms. The maximum absolute atomic E-state index is 9.09. The monoisotopic (exact) mass is 153 g/mol. The summed E-state index contributed by atoms with van der Waals surface area (Å²) in [5.41, 5.74) is 1.68. The second-order valence-electron chi connectivity index (χ2n) is 2.38. The van der Waals surface area contributed by atoms with Crippen molar-refractivity contribution in [1.82, 2.24) is 4.98 Å². The van der Waals surface area contributed by atoms with E-state index in [0.29, 0.717) is 0 Å². The van der Waals surface area contributed by atoms with Gasteiger partial charge in [-0.3, -0.25) is 4.98 Å². The molecule has 0 spiro atoms. The van der Waals surface area contributed by atoms with Crippen molar-refractivity contribution in [3.05, 3.63) is 29.6 Å². The predicted octanol–water partition coefficient (Wildman–Crippen LogP) is 2.08. The second kappa shape index (κ2) is 4.09. The van der Waals surface area contributed by atoms with Crippen molar-refractivity contribution >= 4 is 0 Å². The van der Waals surface area contributed by atoms with Gasteiger partial charge in [-0.1, -0.05) is 13.5 Å². The molecule has 1 rings (SSSR count). The summed E-state index contributed by atoms with van der Waals surface area (Å²) in [6, 6.07) is 5.62. The van der Waals surface area contributed by atoms with E-state index >= 15 is 0 Å². The third kappa shape index (κ3) is 2.68. The lowest BCUT2D eigenvalue weighted by Crippen LogP contribution is -1.95. The number of nitrogens with zero attached hydrogens (tertiary/aromatic N) is 1. The zero-order valence-electron chi connectivity index (χ0n) is 6.20. The zero-order valence-corrected chi connectivity index (χ0v) is 6.20. The number of pyridine rings is 1. The Morgan fingerprint density at radius 3 is 2.45 bits per heavy atom. The third-order valence-corrected chi connectivity index (χ3v) is 1.34. The molecule has 1 N–H and O–H groups in total. The first kappa shape index (κ1) is 10.1. The van der Waals surface area contributed by atoms with E-state index in [-0.39, 0.29) is 7.43 Å². The van der Waals surface area contributed by atoms with Gasteiger partial charge >= 0.3 is 0 Å². The summed E-state index contributed by atoms with van der Waals surface area (Å²) in [6.07, 6.45) is -0.458. The van der Waals surface area contributed by atoms with Gasteiger partial charge in [-0.15, -0.1) is 0 Å². The summed E-state index contributed by atoms with van der Waals surface area (Å²) in [5.74, 6) is 0. The van der Waals surface area contributed by atoms with Crippen molar-refractivity contribution in [3.8, 4) is 0 Å². The molecule has 62 valence electrons. The summed E-state index contributed by atoms with van der Waals surface area (Å²) in [6.45, 7) is 3.62. The van der Waals surface area contributed by atoms with E-state index in [4.69, 9.17) is 5.11 Å². The minimum absolute atomic E-state index is 0. The highest BCUT2D eigenvalue weighted by molar-refractivity contribution is 5.11. The molecule has 2 heteroatoms. The molecule has 0 fully saturated rings. The molecule has 0 saturated heterocycles. The van der Waals surface area contributed by atoms with Crippen molar-refractivity contribution in [3.63, 3.8) is 0 Å². The molecule has 0 amide bonds. The number of aliphatic hydroxyl groups is 1. The quantitative estimate of drug-likeness (QED) is 0.670. The molecule has 0 bridgehead atoms. The van der Waals surface area contributed by atoms with Crippen LogP contribution in [-0.4, -0.2) is 10.1 Å². The lowest BCUT2D eigenvalue weighted by molar-refractivity contribution is 0.194. The molecule has 0 aliphatic rings. The Labute approximate surface area is 67.9 Å². The van der Waals surface area contributed by atoms with Crippen molar-refractivity contribution in [2.75, 3.05) is 0 Å². The standard InChI is InChI=1S/C8H11NO.CH4/c1-6-4-3-5-8(9-6)7(2)10;/h3-5,7,10H,1-2H3;1H4. The molecule has 1 heterocycles. The van der Waals surface area contributed by atoms with Crippen LogP contribution in [0.4, 0.5) is 0 Å². The van der Waals surface area contributed by atoms with Gasteiger partial charge in [0.05, 0.1) is 11.8 Å². The molecule has 1 aromatic rings. The van der Waals surface area contributed by atoms with E-state index in [1.54, 1.807) is 6.92 Å². The summed E-state index contributed by atoms with van der Waals surface area (Å²) >= 11 is 0. The van der Waals surface area contributed by atoms with Crippen LogP contribution in [-0.2, 0) is 0 Å². The number of aliphatic hydroxyl groups excluding tert-OH is 1. The average molecular weight is 153 g/mol. The van der Waals surface area contributed by atoms with Crippen molar-refractivity contribution in [1.29, 1.82) is 0 Å². The highest BCUT2D eigenvalue weighted by Gasteiger charge is 1.99. The first-order valence-corrected chi connectivity index (χ1v) is 3.32. The van der Waals surface area contributed by atoms with Crippen LogP contribution < -0.4 is 0 Å². The van der Waals surface area contributed by atoms with Crippen LogP contribution in [0.5, 0.6) is 0 Å². The SMILES string of the molecule is C.Cc1cccc(C(C)O)n1. The molecule has 1 aromatic heterocycles. The van der Waals surface area contributed by atoms with Gasteiger partial charge in [-0.25, -0.2) is 0 Å². The fraction of sp³-hybridized carbons (Fsp3) is 0.444. The highest BCUT2D eigenvalue weighted by atomic mass is 16.3. The Bertz CT molecular complexity index is 221. The topological polar surface area (TPSA) is 33.1 Å². The Balaban J connectivity index is 0.000001000. The van der Waals surface area contributed by atoms with Gasteiger partial charge in [-0.05, 0) is 26.0 Å². The number of hydrogen-bond acceptors (Lipinski definition) is 2. The Kier molecular flexibility index (Phi) is 3.76. The minimum Gasteiger partial charge on any atom is -0.387 e. The molecule has 0 saturated carbocycles. The Morgan fingerprint density at radius 2 is 2.09 bits per heavy atom. The van der Waals surface area contributed by atoms with Crippen LogP contribution in [0.3, 0.4) is 0 Å². The van der Waals surface area contributed by atoms with Gasteiger partial charge in [0.15, 0.2) is 0 Å². The highest BCUT2D eigenvalue weighted by Crippen LogP contribution is 2.07. The second-order valence-corrected chi connectivity index (χ2v) is 2.38. The van der Waals surface area contributed by atoms with Crippen LogP contribution in [0, 0.1) is 6.92 Å². The van der Waals surface area contributed by atoms with Gasteiger partial charge in [0.25, 0.3) is 0 Å². The summed E-state index contributed by atoms with van der Waals surface area (Å²) < 4.78 is 0. The van der Waals surface area contributed by atoms with Gasteiger partial charge in [0.1, 0.15) is 0 Å². The number of hydrogen-bond donors (Lipinski definition) is 1. The molecule has 1 atom stereocenters. The molecular formula is C9H15NO. The molecule has 0 aliphatic carbocycles. The maximum Gasteiger partial charge on any atom is 0.0931 e. The van der Waals surface area contributed by atoms with Crippen molar-refractivity contribution in [2.45, 2.75) is 27.4 Å². The van der Waals surface area contributed by atoms with E-state index in [1.165, 1.54) is 0 Å². The van der Waals surface area contributed by atoms with E-state index in [2.05, 4.69) is 4.98 Å². The van der Waals surface area contributed by atoms with Crippen LogP contribution in [0.15, 0.2) is 18.2 Å². The van der Waals surface area contributed by atoms with Gasteiger partial charge in [0, 0.05) is 5.69 Å². The first-order chi connectivity index (χ1) is 4.70. The van der Waals surface area contributed by atoms with Crippen LogP contribution in [0.2, 0.25) is 0 Å². The van der Waals surface area contributed by atoms with Crippen LogP contribution in [0.1, 0.15) is 31.8 Å². The van der Waals surface area contributed by atoms with E-state index in [0.717, 1.165) is 11.4 Å². The van der Waals surface area contributed by atoms with Crippen molar-refractivity contribution in [2.24, 2.45) is 0 Å². The smallest absolute Gasteiger partial charge is 0.0931 e. The summed E-state index contributed by atoms with van der Waals surface area (Å²) in [5, 5.41) is 9.09. The fourth-order valence-electron chi connectivity index (χ4n) is 0.797. The first-order valence-electron chi connectivity index (χ1n) is 3.32. The van der Waals surface area contributed by atoms with Crippen LogP contribution in [0.25, 0.3) is 0 Å². The Morgan fingerprint density at radius 1 is 1.45 bits per heavy atom. The van der Waals surface area contributed by atoms with Gasteiger partial charge < -0.3 is 5.11 Å². The fourth-order valence-corrected chi connectivity index (χ4v) is 0.797. The van der Waals surface area contributed by atoms with Gasteiger partial charge in [0.2, 0.25) is 0 Å². The lowest BCUT2D eigenvalue weighted by Gasteiger charge is -2.02. The molecule has 1 unspecified atom stereocenters. The largest absolute Gasteiger partial charge is 0.387 e. The zero-order chi connectivity index (χ0) is 7.56. The van der Waals surface area contributed by atoms with E-state index in [9.17, 15) is 0 Å². The van der Waals surface area contributed by atoms with E-state index < -0.39 is 6.10 Å². The molecular weight excluding hydrogens is 138 g/mol. The number of aromatic nitrogens is 1. The molecule has 0 radical (unpaired) electrons. The summed E-state index contributed by atoms with van der Waals surface area (Å²) in [4.78, 5) is 4.12. The van der Waals surface area contributed by atoms with Crippen molar-refractivity contribution < 1.29 is 5.11 Å². The van der Waals surface area contributed by atoms with Gasteiger partial charge in [-0.2, -0.15) is 0 Å². The predicted molar refractivity (Wildman–Crippen MR) is 46.3 cm³/mol. The average Bonchev–Trinajstić information content (AvgIpc) is 1.88. The Hall–Kier alpha value is -0.890. The number of aryl methyl sites for hydroxylation is 1. The molecule has 0 aromatic carbocycles. The van der Waals surface area contributed by atoms with E-state index in [1.807, 2.05) is 25.1 Å². The third-order valence-electron chi connectivity index (χ3n) is 1.34. The molecule has 2 nitrogen and oxygen atoms in total. The lowest BCUT2D eigenvalue weighted by atomic mass is 10.2. The molecule has 0 aliphatic heterocycles. The minimum atomic E-state index is -0.458. The maximum atomic E-state index is 9.09. The number of rotatable bonds is 1. The normalized spacial score (nSPS) is 11.9.